The molecule has 0 fully saturated rings. The molecule has 6 nitrogen and oxygen atoms in total. The van der Waals surface area contributed by atoms with Gasteiger partial charge in [0.15, 0.2) is 0 Å². The van der Waals surface area contributed by atoms with Gasteiger partial charge in [-0.1, -0.05) is 18.2 Å². The van der Waals surface area contributed by atoms with Gasteiger partial charge in [0.25, 0.3) is 10.0 Å². The van der Waals surface area contributed by atoms with Gasteiger partial charge in [-0.15, -0.1) is 0 Å². The Kier molecular flexibility index (Phi) is 5.15. The molecule has 1 heterocycles. The lowest BCUT2D eigenvalue weighted by Gasteiger charge is -2.12. The summed E-state index contributed by atoms with van der Waals surface area (Å²) < 4.78 is 46.8. The van der Waals surface area contributed by atoms with E-state index in [0.29, 0.717) is 5.75 Å². The minimum absolute atomic E-state index is 0.00312. The second kappa shape index (κ2) is 7.51. The van der Waals surface area contributed by atoms with Crippen molar-refractivity contribution in [3.05, 3.63) is 78.4 Å². The van der Waals surface area contributed by atoms with Crippen LogP contribution in [0.1, 0.15) is 5.56 Å². The van der Waals surface area contributed by atoms with E-state index in [0.717, 1.165) is 12.1 Å². The number of nitrogens with zero attached hydrogens (tertiary/aromatic N) is 1. The van der Waals surface area contributed by atoms with Gasteiger partial charge < -0.3 is 9.84 Å². The lowest BCUT2D eigenvalue weighted by Crippen LogP contribution is -2.15. The van der Waals surface area contributed by atoms with E-state index in [2.05, 4.69) is 9.71 Å². The first-order chi connectivity index (χ1) is 12.5. The molecule has 0 spiro atoms. The molecule has 0 atom stereocenters. The zero-order chi connectivity index (χ0) is 18.6. The maximum Gasteiger partial charge on any atom is 0.262 e. The number of aliphatic hydroxyl groups excluding tert-OH is 1. The molecule has 8 heteroatoms. The Morgan fingerprint density at radius 2 is 1.88 bits per heavy atom. The summed E-state index contributed by atoms with van der Waals surface area (Å²) in [7, 11) is -4.01. The summed E-state index contributed by atoms with van der Waals surface area (Å²) in [4.78, 5) is 3.81. The van der Waals surface area contributed by atoms with E-state index in [-0.39, 0.29) is 21.9 Å². The van der Waals surface area contributed by atoms with Crippen LogP contribution < -0.4 is 9.46 Å². The molecule has 0 unspecified atom stereocenters. The average Bonchev–Trinajstić information content (AvgIpc) is 2.61. The van der Waals surface area contributed by atoms with E-state index in [1.54, 1.807) is 24.4 Å². The van der Waals surface area contributed by atoms with Crippen molar-refractivity contribution < 1.29 is 22.7 Å². The van der Waals surface area contributed by atoms with Gasteiger partial charge in [-0.25, -0.2) is 12.8 Å². The molecule has 26 heavy (non-hydrogen) atoms. The first kappa shape index (κ1) is 17.8. The molecule has 3 aromatic rings. The number of nitrogens with one attached hydrogen (secondary N) is 1. The number of pyridine rings is 1. The minimum Gasteiger partial charge on any atom is -0.456 e. The smallest absolute Gasteiger partial charge is 0.262 e. The van der Waals surface area contributed by atoms with Gasteiger partial charge in [0.05, 0.1) is 23.4 Å². The number of benzene rings is 2. The lowest BCUT2D eigenvalue weighted by atomic mass is 10.2. The third-order valence-electron chi connectivity index (χ3n) is 3.43. The van der Waals surface area contributed by atoms with Crippen LogP contribution in [-0.4, -0.2) is 18.5 Å². The van der Waals surface area contributed by atoms with Crippen molar-refractivity contribution in [1.29, 1.82) is 0 Å². The molecule has 0 aliphatic heterocycles. The van der Waals surface area contributed by atoms with Crippen molar-refractivity contribution in [3.63, 3.8) is 0 Å². The molecular weight excluding hydrogens is 359 g/mol. The van der Waals surface area contributed by atoms with E-state index in [1.807, 2.05) is 0 Å². The lowest BCUT2D eigenvalue weighted by molar-refractivity contribution is 0.278. The number of aromatic nitrogens is 1. The molecule has 1 aromatic heterocycles. The fraction of sp³-hybridized carbons (Fsp3) is 0.0556. The first-order valence-electron chi connectivity index (χ1n) is 7.58. The summed E-state index contributed by atoms with van der Waals surface area (Å²) in [5.74, 6) is -0.164. The monoisotopic (exact) mass is 374 g/mol. The number of aliphatic hydroxyl groups is 1. The van der Waals surface area contributed by atoms with E-state index in [1.165, 1.54) is 30.5 Å². The van der Waals surface area contributed by atoms with Crippen LogP contribution in [0.25, 0.3) is 0 Å². The topological polar surface area (TPSA) is 88.5 Å². The highest BCUT2D eigenvalue weighted by atomic mass is 32.2. The number of hydrogen-bond acceptors (Lipinski definition) is 5. The molecular formula is C18H15FN2O4S. The van der Waals surface area contributed by atoms with Crippen LogP contribution in [0.2, 0.25) is 0 Å². The van der Waals surface area contributed by atoms with Crippen LogP contribution in [0.5, 0.6) is 11.5 Å². The standard InChI is InChI=1S/C18H15FN2O4S/c19-14-8-15(10-17(9-14)25-16-5-3-7-20-11-16)21-26(23,24)18-6-2-1-4-13(18)12-22/h1-11,21-22H,12H2. The Hall–Kier alpha value is -2.97. The Balaban J connectivity index is 1.90. The van der Waals surface area contributed by atoms with Crippen molar-refractivity contribution in [2.24, 2.45) is 0 Å². The number of sulfonamides is 1. The van der Waals surface area contributed by atoms with Crippen LogP contribution in [0.3, 0.4) is 0 Å². The Morgan fingerprint density at radius 3 is 2.62 bits per heavy atom. The highest BCUT2D eigenvalue weighted by Gasteiger charge is 2.18. The molecule has 0 amide bonds. The second-order valence-electron chi connectivity index (χ2n) is 5.34. The van der Waals surface area contributed by atoms with Crippen molar-refractivity contribution in [3.8, 4) is 11.5 Å². The Labute approximate surface area is 150 Å². The van der Waals surface area contributed by atoms with E-state index in [9.17, 15) is 17.9 Å². The summed E-state index contributed by atoms with van der Waals surface area (Å²) in [5.41, 5.74) is 0.236. The van der Waals surface area contributed by atoms with Gasteiger partial charge in [0.1, 0.15) is 17.3 Å². The minimum atomic E-state index is -4.01. The Morgan fingerprint density at radius 1 is 1.08 bits per heavy atom. The van der Waals surface area contributed by atoms with E-state index >= 15 is 0 Å². The van der Waals surface area contributed by atoms with Crippen LogP contribution >= 0.6 is 0 Å². The number of ether oxygens (including phenoxy) is 1. The molecule has 0 saturated heterocycles. The number of anilines is 1. The fourth-order valence-corrected chi connectivity index (χ4v) is 3.60. The van der Waals surface area contributed by atoms with Gasteiger partial charge in [0.2, 0.25) is 0 Å². The fourth-order valence-electron chi connectivity index (χ4n) is 2.33. The van der Waals surface area contributed by atoms with Crippen LogP contribution in [0.15, 0.2) is 71.9 Å². The molecule has 2 aromatic carbocycles. The van der Waals surface area contributed by atoms with Gasteiger partial charge in [-0.2, -0.15) is 0 Å². The molecule has 3 rings (SSSR count). The number of halogens is 1. The third kappa shape index (κ3) is 4.16. The molecule has 0 aliphatic carbocycles. The average molecular weight is 374 g/mol. The molecule has 0 aliphatic rings. The maximum atomic E-state index is 13.9. The maximum absolute atomic E-state index is 13.9. The largest absolute Gasteiger partial charge is 0.456 e. The molecule has 0 saturated carbocycles. The summed E-state index contributed by atoms with van der Waals surface area (Å²) in [6, 6.07) is 12.8. The summed E-state index contributed by atoms with van der Waals surface area (Å²) in [5, 5.41) is 9.32. The SMILES string of the molecule is O=S(=O)(Nc1cc(F)cc(Oc2cccnc2)c1)c1ccccc1CO. The van der Waals surface area contributed by atoms with E-state index in [4.69, 9.17) is 4.74 Å². The van der Waals surface area contributed by atoms with Gasteiger partial charge in [-0.3, -0.25) is 9.71 Å². The quantitative estimate of drug-likeness (QED) is 0.691. The zero-order valence-corrected chi connectivity index (χ0v) is 14.3. The number of hydrogen-bond donors (Lipinski definition) is 2. The summed E-state index contributed by atoms with van der Waals surface area (Å²) >= 11 is 0. The van der Waals surface area contributed by atoms with Crippen molar-refractivity contribution in [1.82, 2.24) is 4.98 Å². The predicted molar refractivity (Wildman–Crippen MR) is 93.9 cm³/mol. The summed E-state index contributed by atoms with van der Waals surface area (Å²) in [6.45, 7) is -0.435. The first-order valence-corrected chi connectivity index (χ1v) is 9.06. The molecule has 0 bridgehead atoms. The predicted octanol–water partition coefficient (Wildman–Crippen LogP) is 3.31. The second-order valence-corrected chi connectivity index (χ2v) is 6.99. The highest BCUT2D eigenvalue weighted by molar-refractivity contribution is 7.92. The van der Waals surface area contributed by atoms with Gasteiger partial charge in [0, 0.05) is 18.3 Å². The number of rotatable bonds is 6. The normalized spacial score (nSPS) is 11.2. The van der Waals surface area contributed by atoms with Crippen LogP contribution in [-0.2, 0) is 16.6 Å². The molecule has 2 N–H and O–H groups in total. The van der Waals surface area contributed by atoms with Crippen LogP contribution in [0, 0.1) is 5.82 Å². The van der Waals surface area contributed by atoms with Gasteiger partial charge >= 0.3 is 0 Å². The van der Waals surface area contributed by atoms with E-state index < -0.39 is 22.4 Å². The Bertz CT molecular complexity index is 1010. The third-order valence-corrected chi connectivity index (χ3v) is 4.91. The highest BCUT2D eigenvalue weighted by Crippen LogP contribution is 2.27. The van der Waals surface area contributed by atoms with Crippen molar-refractivity contribution in [2.45, 2.75) is 11.5 Å². The van der Waals surface area contributed by atoms with Crippen molar-refractivity contribution >= 4 is 15.7 Å². The summed E-state index contributed by atoms with van der Waals surface area (Å²) in [6.07, 6.45) is 3.02. The molecule has 0 radical (unpaired) electrons. The zero-order valence-electron chi connectivity index (χ0n) is 13.5. The molecule has 134 valence electrons. The van der Waals surface area contributed by atoms with Gasteiger partial charge in [-0.05, 0) is 29.8 Å². The van der Waals surface area contributed by atoms with Crippen LogP contribution in [0.4, 0.5) is 10.1 Å². The van der Waals surface area contributed by atoms with Crippen molar-refractivity contribution in [2.75, 3.05) is 4.72 Å².